The molecule has 1 amide bonds. The number of esters is 1. The number of carbonyl (C=O) groups excluding carboxylic acids is 2. The molecule has 0 spiro atoms. The molecule has 6 nitrogen and oxygen atoms in total. The Morgan fingerprint density at radius 1 is 1.56 bits per heavy atom. The van der Waals surface area contributed by atoms with Crippen molar-refractivity contribution in [3.8, 4) is 0 Å². The topological polar surface area (TPSA) is 102 Å². The summed E-state index contributed by atoms with van der Waals surface area (Å²) >= 11 is 5.74. The molecule has 1 aromatic carbocycles. The Balaban J connectivity index is 2.66. The van der Waals surface area contributed by atoms with Crippen LogP contribution in [0.1, 0.15) is 10.4 Å². The number of nitrogen functional groups attached to an aromatic ring is 1. The van der Waals surface area contributed by atoms with Gasteiger partial charge in [0.2, 0.25) is 0 Å². The van der Waals surface area contributed by atoms with Crippen LogP contribution >= 0.6 is 11.6 Å². The van der Waals surface area contributed by atoms with Crippen LogP contribution < -0.4 is 11.1 Å². The summed E-state index contributed by atoms with van der Waals surface area (Å²) in [4.78, 5) is 22.6. The second-order valence-electron chi connectivity index (χ2n) is 3.48. The van der Waals surface area contributed by atoms with Gasteiger partial charge in [-0.05, 0) is 18.2 Å². The summed E-state index contributed by atoms with van der Waals surface area (Å²) < 4.78 is 4.31. The minimum Gasteiger partial charge on any atom is -0.467 e. The van der Waals surface area contributed by atoms with Crippen molar-refractivity contribution in [3.63, 3.8) is 0 Å². The third-order valence-corrected chi connectivity index (χ3v) is 2.42. The molecule has 4 N–H and O–H groups in total. The molecule has 0 heterocycles. The minimum absolute atomic E-state index is 0.180. The summed E-state index contributed by atoms with van der Waals surface area (Å²) in [6, 6.07) is 4.45. The standard InChI is InChI=1S/C11H13ClN2O4/c1-18-11(17)9(15)5-14-10(16)7-4-6(12)2-3-8(7)13/h2-4,9,15H,5,13H2,1H3,(H,14,16). The Morgan fingerprint density at radius 2 is 2.22 bits per heavy atom. The van der Waals surface area contributed by atoms with E-state index in [0.29, 0.717) is 5.02 Å². The van der Waals surface area contributed by atoms with Gasteiger partial charge in [-0.2, -0.15) is 0 Å². The lowest BCUT2D eigenvalue weighted by Gasteiger charge is -2.11. The Kier molecular flexibility index (Phi) is 4.94. The molecular formula is C11H13ClN2O4. The quantitative estimate of drug-likeness (QED) is 0.536. The zero-order chi connectivity index (χ0) is 13.7. The Labute approximate surface area is 109 Å². The largest absolute Gasteiger partial charge is 0.467 e. The second kappa shape index (κ2) is 6.23. The second-order valence-corrected chi connectivity index (χ2v) is 3.92. The number of aliphatic hydroxyl groups excluding tert-OH is 1. The number of carbonyl (C=O) groups is 2. The first-order chi connectivity index (χ1) is 8.45. The summed E-state index contributed by atoms with van der Waals surface area (Å²) in [5.74, 6) is -1.35. The van der Waals surface area contributed by atoms with Crippen LogP contribution in [0.3, 0.4) is 0 Å². The van der Waals surface area contributed by atoms with Gasteiger partial charge in [0.1, 0.15) is 0 Å². The molecule has 1 unspecified atom stereocenters. The number of methoxy groups -OCH3 is 1. The summed E-state index contributed by atoms with van der Waals surface area (Å²) in [5.41, 5.74) is 6.04. The predicted molar refractivity (Wildman–Crippen MR) is 66.2 cm³/mol. The Morgan fingerprint density at radius 3 is 2.83 bits per heavy atom. The molecule has 0 aliphatic carbocycles. The molecule has 0 aliphatic heterocycles. The first kappa shape index (κ1) is 14.3. The van der Waals surface area contributed by atoms with Gasteiger partial charge >= 0.3 is 5.97 Å². The maximum absolute atomic E-state index is 11.7. The van der Waals surface area contributed by atoms with E-state index in [1.54, 1.807) is 6.07 Å². The highest BCUT2D eigenvalue weighted by Gasteiger charge is 2.17. The molecule has 1 atom stereocenters. The normalized spacial score (nSPS) is 11.7. The van der Waals surface area contributed by atoms with Crippen molar-refractivity contribution in [1.29, 1.82) is 0 Å². The van der Waals surface area contributed by atoms with Crippen molar-refractivity contribution in [2.75, 3.05) is 19.4 Å². The third kappa shape index (κ3) is 3.61. The molecule has 0 aliphatic rings. The molecule has 7 heteroatoms. The lowest BCUT2D eigenvalue weighted by atomic mass is 10.1. The van der Waals surface area contributed by atoms with Gasteiger partial charge in [0.25, 0.3) is 5.91 Å². The fourth-order valence-corrected chi connectivity index (χ4v) is 1.40. The number of nitrogens with one attached hydrogen (secondary N) is 1. The van der Waals surface area contributed by atoms with E-state index in [4.69, 9.17) is 17.3 Å². The summed E-state index contributed by atoms with van der Waals surface area (Å²) in [6.07, 6.45) is -1.42. The van der Waals surface area contributed by atoms with Gasteiger partial charge in [0.15, 0.2) is 6.10 Å². The van der Waals surface area contributed by atoms with Crippen LogP contribution in [-0.4, -0.2) is 36.7 Å². The van der Waals surface area contributed by atoms with Crippen molar-refractivity contribution < 1.29 is 19.4 Å². The SMILES string of the molecule is COC(=O)C(O)CNC(=O)c1cc(Cl)ccc1N. The minimum atomic E-state index is -1.42. The number of amides is 1. The monoisotopic (exact) mass is 272 g/mol. The fourth-order valence-electron chi connectivity index (χ4n) is 1.23. The van der Waals surface area contributed by atoms with Crippen molar-refractivity contribution in [1.82, 2.24) is 5.32 Å². The first-order valence-electron chi connectivity index (χ1n) is 5.04. The maximum atomic E-state index is 11.7. The molecule has 0 fully saturated rings. The summed E-state index contributed by atoms with van der Waals surface area (Å²) in [7, 11) is 1.14. The molecule has 0 saturated carbocycles. The number of hydrogen-bond acceptors (Lipinski definition) is 5. The predicted octanol–water partition coefficient (Wildman–Crippen LogP) is 0.186. The average Bonchev–Trinajstić information content (AvgIpc) is 2.37. The van der Waals surface area contributed by atoms with E-state index in [1.807, 2.05) is 0 Å². The number of hydrogen-bond donors (Lipinski definition) is 3. The van der Waals surface area contributed by atoms with Gasteiger partial charge in [-0.1, -0.05) is 11.6 Å². The van der Waals surface area contributed by atoms with Crippen LogP contribution in [0.25, 0.3) is 0 Å². The lowest BCUT2D eigenvalue weighted by Crippen LogP contribution is -2.37. The van der Waals surface area contributed by atoms with Crippen LogP contribution in [-0.2, 0) is 9.53 Å². The number of anilines is 1. The van der Waals surface area contributed by atoms with E-state index in [9.17, 15) is 14.7 Å². The third-order valence-electron chi connectivity index (χ3n) is 2.19. The molecule has 0 bridgehead atoms. The van der Waals surface area contributed by atoms with Gasteiger partial charge in [0, 0.05) is 10.7 Å². The molecule has 1 rings (SSSR count). The zero-order valence-electron chi connectivity index (χ0n) is 9.64. The molecule has 18 heavy (non-hydrogen) atoms. The lowest BCUT2D eigenvalue weighted by molar-refractivity contribution is -0.149. The molecule has 0 saturated heterocycles. The number of nitrogens with two attached hydrogens (primary N) is 1. The van der Waals surface area contributed by atoms with Crippen molar-refractivity contribution >= 4 is 29.2 Å². The highest BCUT2D eigenvalue weighted by molar-refractivity contribution is 6.31. The van der Waals surface area contributed by atoms with Crippen molar-refractivity contribution in [3.05, 3.63) is 28.8 Å². The number of halogens is 1. The molecule has 0 radical (unpaired) electrons. The highest BCUT2D eigenvalue weighted by atomic mass is 35.5. The highest BCUT2D eigenvalue weighted by Crippen LogP contribution is 2.17. The van der Waals surface area contributed by atoms with Gasteiger partial charge in [0.05, 0.1) is 19.2 Å². The van der Waals surface area contributed by atoms with Gasteiger partial charge in [-0.15, -0.1) is 0 Å². The van der Waals surface area contributed by atoms with E-state index in [2.05, 4.69) is 10.1 Å². The molecular weight excluding hydrogens is 260 g/mol. The number of rotatable bonds is 4. The molecule has 0 aromatic heterocycles. The van der Waals surface area contributed by atoms with Crippen LogP contribution in [0.15, 0.2) is 18.2 Å². The van der Waals surface area contributed by atoms with Crippen molar-refractivity contribution in [2.24, 2.45) is 0 Å². The van der Waals surface area contributed by atoms with Crippen LogP contribution in [0.5, 0.6) is 0 Å². The average molecular weight is 273 g/mol. The van der Waals surface area contributed by atoms with E-state index in [1.165, 1.54) is 12.1 Å². The Bertz CT molecular complexity index is 464. The van der Waals surface area contributed by atoms with Gasteiger partial charge in [-0.25, -0.2) is 4.79 Å². The van der Waals surface area contributed by atoms with Gasteiger partial charge in [-0.3, -0.25) is 4.79 Å². The van der Waals surface area contributed by atoms with E-state index in [0.717, 1.165) is 7.11 Å². The van der Waals surface area contributed by atoms with Crippen LogP contribution in [0.2, 0.25) is 5.02 Å². The molecule has 1 aromatic rings. The number of ether oxygens (including phenoxy) is 1. The Hall–Kier alpha value is -1.79. The maximum Gasteiger partial charge on any atom is 0.336 e. The smallest absolute Gasteiger partial charge is 0.336 e. The van der Waals surface area contributed by atoms with Crippen LogP contribution in [0.4, 0.5) is 5.69 Å². The molecule has 98 valence electrons. The fraction of sp³-hybridized carbons (Fsp3) is 0.273. The van der Waals surface area contributed by atoms with Crippen molar-refractivity contribution in [2.45, 2.75) is 6.10 Å². The first-order valence-corrected chi connectivity index (χ1v) is 5.42. The number of benzene rings is 1. The van der Waals surface area contributed by atoms with Crippen LogP contribution in [0, 0.1) is 0 Å². The number of aliphatic hydroxyl groups is 1. The zero-order valence-corrected chi connectivity index (χ0v) is 10.4. The van der Waals surface area contributed by atoms with E-state index < -0.39 is 18.0 Å². The summed E-state index contributed by atoms with van der Waals surface area (Å²) in [5, 5.41) is 12.0. The van der Waals surface area contributed by atoms with E-state index in [-0.39, 0.29) is 17.8 Å². The van der Waals surface area contributed by atoms with Gasteiger partial charge < -0.3 is 20.9 Å². The van der Waals surface area contributed by atoms with E-state index >= 15 is 0 Å². The summed E-state index contributed by atoms with van der Waals surface area (Å²) in [6.45, 7) is -0.266.